The molecule has 0 saturated carbocycles. The minimum atomic E-state index is -0.213. The first kappa shape index (κ1) is 17.9. The molecule has 1 aromatic carbocycles. The second kappa shape index (κ2) is 8.45. The van der Waals surface area contributed by atoms with Gasteiger partial charge in [0.2, 0.25) is 5.91 Å². The highest BCUT2D eigenvalue weighted by molar-refractivity contribution is 9.10. The Morgan fingerprint density at radius 1 is 1.30 bits per heavy atom. The van der Waals surface area contributed by atoms with Gasteiger partial charge >= 0.3 is 0 Å². The standard InChI is InChI=1S/C17H24BrN3O2/c1-2-15(12-3-5-14(18)6-4-12)20-16(22)11-21-9-7-13(8-10-21)17(19)23/h3-6,13,15H,2,7-11H2,1H3,(H2,19,23)(H,20,22)/p+1/t15-/m0/s1. The average molecular weight is 383 g/mol. The van der Waals surface area contributed by atoms with E-state index in [1.807, 2.05) is 24.3 Å². The van der Waals surface area contributed by atoms with E-state index in [1.54, 1.807) is 0 Å². The Bertz CT molecular complexity index is 539. The topological polar surface area (TPSA) is 76.6 Å². The number of piperidine rings is 1. The molecule has 0 bridgehead atoms. The maximum Gasteiger partial charge on any atom is 0.275 e. The highest BCUT2D eigenvalue weighted by Crippen LogP contribution is 2.19. The van der Waals surface area contributed by atoms with Crippen molar-refractivity contribution in [3.8, 4) is 0 Å². The molecule has 1 fully saturated rings. The number of primary amides is 1. The van der Waals surface area contributed by atoms with Gasteiger partial charge in [0.15, 0.2) is 6.54 Å². The third-order valence-corrected chi connectivity index (χ3v) is 5.05. The first-order chi connectivity index (χ1) is 11.0. The number of nitrogens with one attached hydrogen (secondary N) is 2. The molecule has 0 aliphatic carbocycles. The Morgan fingerprint density at radius 2 is 1.91 bits per heavy atom. The van der Waals surface area contributed by atoms with Crippen LogP contribution in [0.5, 0.6) is 0 Å². The van der Waals surface area contributed by atoms with E-state index in [9.17, 15) is 9.59 Å². The number of hydrogen-bond acceptors (Lipinski definition) is 2. The number of halogens is 1. The Hall–Kier alpha value is -1.40. The molecule has 0 spiro atoms. The maximum absolute atomic E-state index is 12.3. The SMILES string of the molecule is CC[C@H](NC(=O)C[NH+]1CCC(C(N)=O)CC1)c1ccc(Br)cc1. The molecule has 1 heterocycles. The van der Waals surface area contributed by atoms with Crippen LogP contribution in [0.1, 0.15) is 37.8 Å². The fraction of sp³-hybridized carbons (Fsp3) is 0.529. The number of rotatable bonds is 6. The normalized spacial score (nSPS) is 22.3. The summed E-state index contributed by atoms with van der Waals surface area (Å²) in [5, 5.41) is 3.12. The van der Waals surface area contributed by atoms with Gasteiger partial charge in [0, 0.05) is 23.2 Å². The van der Waals surface area contributed by atoms with Crippen LogP contribution in [0.3, 0.4) is 0 Å². The minimum absolute atomic E-state index is 0.0204. The van der Waals surface area contributed by atoms with Crippen molar-refractivity contribution >= 4 is 27.7 Å². The highest BCUT2D eigenvalue weighted by Gasteiger charge is 2.27. The van der Waals surface area contributed by atoms with Crippen molar-refractivity contribution in [1.29, 1.82) is 0 Å². The Balaban J connectivity index is 1.84. The minimum Gasteiger partial charge on any atom is -0.369 e. The summed E-state index contributed by atoms with van der Waals surface area (Å²) in [5.74, 6) is -0.171. The Kier molecular flexibility index (Phi) is 6.59. The largest absolute Gasteiger partial charge is 0.369 e. The molecule has 126 valence electrons. The van der Waals surface area contributed by atoms with Gasteiger partial charge < -0.3 is 16.0 Å². The lowest BCUT2D eigenvalue weighted by Gasteiger charge is -2.28. The smallest absolute Gasteiger partial charge is 0.275 e. The van der Waals surface area contributed by atoms with Gasteiger partial charge in [0.05, 0.1) is 19.1 Å². The molecular weight excluding hydrogens is 358 g/mol. The van der Waals surface area contributed by atoms with E-state index in [0.29, 0.717) is 6.54 Å². The van der Waals surface area contributed by atoms with Gasteiger partial charge in [-0.15, -0.1) is 0 Å². The molecular formula is C17H25BrN3O2+. The molecule has 0 unspecified atom stereocenters. The van der Waals surface area contributed by atoms with Gasteiger partial charge in [-0.25, -0.2) is 0 Å². The summed E-state index contributed by atoms with van der Waals surface area (Å²) in [6, 6.07) is 8.08. The van der Waals surface area contributed by atoms with Crippen molar-refractivity contribution in [2.75, 3.05) is 19.6 Å². The molecule has 23 heavy (non-hydrogen) atoms. The van der Waals surface area contributed by atoms with E-state index in [0.717, 1.165) is 42.4 Å². The molecule has 2 amide bonds. The first-order valence-corrected chi connectivity index (χ1v) is 8.96. The molecule has 1 atom stereocenters. The van der Waals surface area contributed by atoms with Crippen LogP contribution >= 0.6 is 15.9 Å². The molecule has 5 nitrogen and oxygen atoms in total. The first-order valence-electron chi connectivity index (χ1n) is 8.17. The second-order valence-electron chi connectivity index (χ2n) is 6.18. The Morgan fingerprint density at radius 3 is 2.43 bits per heavy atom. The van der Waals surface area contributed by atoms with E-state index in [-0.39, 0.29) is 23.8 Å². The monoisotopic (exact) mass is 382 g/mol. The molecule has 1 aliphatic rings. The van der Waals surface area contributed by atoms with Crippen LogP contribution in [0.2, 0.25) is 0 Å². The van der Waals surface area contributed by atoms with Crippen LogP contribution < -0.4 is 16.0 Å². The summed E-state index contributed by atoms with van der Waals surface area (Å²) in [7, 11) is 0. The van der Waals surface area contributed by atoms with E-state index in [2.05, 4.69) is 28.2 Å². The van der Waals surface area contributed by atoms with Gasteiger partial charge in [-0.3, -0.25) is 9.59 Å². The summed E-state index contributed by atoms with van der Waals surface area (Å²) in [5.41, 5.74) is 6.46. The summed E-state index contributed by atoms with van der Waals surface area (Å²) >= 11 is 3.42. The van der Waals surface area contributed by atoms with Gasteiger partial charge in [0.1, 0.15) is 0 Å². The highest BCUT2D eigenvalue weighted by atomic mass is 79.9. The van der Waals surface area contributed by atoms with Gasteiger partial charge in [-0.2, -0.15) is 0 Å². The molecule has 6 heteroatoms. The number of nitrogens with two attached hydrogens (primary N) is 1. The van der Waals surface area contributed by atoms with Crippen molar-refractivity contribution in [1.82, 2.24) is 5.32 Å². The fourth-order valence-electron chi connectivity index (χ4n) is 3.08. The number of hydrogen-bond donors (Lipinski definition) is 3. The van der Waals surface area contributed by atoms with Crippen molar-refractivity contribution in [2.45, 2.75) is 32.2 Å². The maximum atomic E-state index is 12.3. The second-order valence-corrected chi connectivity index (χ2v) is 7.10. The summed E-state index contributed by atoms with van der Waals surface area (Å²) in [6.45, 7) is 4.18. The van der Waals surface area contributed by atoms with Gasteiger partial charge in [-0.1, -0.05) is 35.0 Å². The van der Waals surface area contributed by atoms with E-state index in [1.165, 1.54) is 4.90 Å². The average Bonchev–Trinajstić information content (AvgIpc) is 2.54. The van der Waals surface area contributed by atoms with Crippen LogP contribution in [0.15, 0.2) is 28.7 Å². The Labute approximate surface area is 145 Å². The van der Waals surface area contributed by atoms with Gasteiger partial charge in [-0.05, 0) is 24.1 Å². The number of carbonyl (C=O) groups is 2. The number of likely N-dealkylation sites (tertiary alicyclic amines) is 1. The number of carbonyl (C=O) groups excluding carboxylic acids is 2. The molecule has 1 aliphatic heterocycles. The molecule has 1 aromatic rings. The van der Waals surface area contributed by atoms with Crippen LogP contribution in [-0.2, 0) is 9.59 Å². The number of quaternary nitrogens is 1. The zero-order valence-corrected chi connectivity index (χ0v) is 15.1. The zero-order chi connectivity index (χ0) is 16.8. The molecule has 2 rings (SSSR count). The quantitative estimate of drug-likeness (QED) is 0.680. The fourth-order valence-corrected chi connectivity index (χ4v) is 3.34. The van der Waals surface area contributed by atoms with Crippen LogP contribution in [0.4, 0.5) is 0 Å². The van der Waals surface area contributed by atoms with Crippen molar-refractivity contribution < 1.29 is 14.5 Å². The third kappa shape index (κ3) is 5.32. The van der Waals surface area contributed by atoms with Crippen molar-refractivity contribution in [2.24, 2.45) is 11.7 Å². The summed E-state index contributed by atoms with van der Waals surface area (Å²) in [4.78, 5) is 24.7. The van der Waals surface area contributed by atoms with Crippen LogP contribution in [0.25, 0.3) is 0 Å². The summed E-state index contributed by atoms with van der Waals surface area (Å²) < 4.78 is 1.03. The van der Waals surface area contributed by atoms with Gasteiger partial charge in [0.25, 0.3) is 5.91 Å². The molecule has 0 radical (unpaired) electrons. The molecule has 4 N–H and O–H groups in total. The number of amides is 2. The lowest BCUT2D eigenvalue weighted by atomic mass is 9.96. The van der Waals surface area contributed by atoms with E-state index in [4.69, 9.17) is 5.73 Å². The van der Waals surface area contributed by atoms with Crippen molar-refractivity contribution in [3.05, 3.63) is 34.3 Å². The lowest BCUT2D eigenvalue weighted by Crippen LogP contribution is -3.14. The van der Waals surface area contributed by atoms with E-state index < -0.39 is 0 Å². The predicted molar refractivity (Wildman–Crippen MR) is 92.8 cm³/mol. The van der Waals surface area contributed by atoms with Crippen molar-refractivity contribution in [3.63, 3.8) is 0 Å². The predicted octanol–water partition coefficient (Wildman–Crippen LogP) is 0.797. The molecule has 1 saturated heterocycles. The van der Waals surface area contributed by atoms with Crippen LogP contribution in [-0.4, -0.2) is 31.4 Å². The number of benzene rings is 1. The lowest BCUT2D eigenvalue weighted by molar-refractivity contribution is -0.897. The van der Waals surface area contributed by atoms with E-state index >= 15 is 0 Å². The third-order valence-electron chi connectivity index (χ3n) is 4.52. The van der Waals surface area contributed by atoms with Crippen LogP contribution in [0, 0.1) is 5.92 Å². The summed E-state index contributed by atoms with van der Waals surface area (Å²) in [6.07, 6.45) is 2.41. The molecule has 0 aromatic heterocycles. The zero-order valence-electron chi connectivity index (χ0n) is 13.5.